The molecule has 2 aromatic carbocycles. The molecule has 6 nitrogen and oxygen atoms in total. The summed E-state index contributed by atoms with van der Waals surface area (Å²) < 4.78 is 7.94. The van der Waals surface area contributed by atoms with Crippen LogP contribution >= 0.6 is 12.2 Å². The van der Waals surface area contributed by atoms with Crippen LogP contribution in [0.1, 0.15) is 38.8 Å². The van der Waals surface area contributed by atoms with Gasteiger partial charge in [-0.15, -0.1) is 0 Å². The number of aromatic hydroxyl groups is 1. The van der Waals surface area contributed by atoms with Crippen LogP contribution in [-0.2, 0) is 6.42 Å². The predicted molar refractivity (Wildman–Crippen MR) is 125 cm³/mol. The topological polar surface area (TPSA) is 66.3 Å². The number of H-pyrrole nitrogens is 1. The average molecular weight is 427 g/mol. The normalized spacial score (nSPS) is 11.2. The first-order valence-corrected chi connectivity index (χ1v) is 10.7. The minimum atomic E-state index is 0.186. The van der Waals surface area contributed by atoms with Gasteiger partial charge in [-0.2, -0.15) is 5.10 Å². The van der Waals surface area contributed by atoms with Crippen LogP contribution in [0.4, 0.5) is 5.69 Å². The van der Waals surface area contributed by atoms with Crippen LogP contribution in [0.15, 0.2) is 30.3 Å². The molecular weight excluding hydrogens is 396 g/mol. The highest BCUT2D eigenvalue weighted by Crippen LogP contribution is 2.36. The summed E-state index contributed by atoms with van der Waals surface area (Å²) in [7, 11) is 1.68. The third-order valence-corrected chi connectivity index (χ3v) is 5.72. The molecule has 3 rings (SSSR count). The van der Waals surface area contributed by atoms with Gasteiger partial charge in [0, 0.05) is 12.6 Å². The number of rotatable bonds is 7. The first kappa shape index (κ1) is 21.9. The van der Waals surface area contributed by atoms with E-state index in [-0.39, 0.29) is 5.75 Å². The van der Waals surface area contributed by atoms with Gasteiger partial charge in [0.05, 0.1) is 24.0 Å². The molecule has 1 aromatic heterocycles. The van der Waals surface area contributed by atoms with Gasteiger partial charge < -0.3 is 14.7 Å². The maximum Gasteiger partial charge on any atom is 0.200 e. The summed E-state index contributed by atoms with van der Waals surface area (Å²) >= 11 is 5.55. The summed E-state index contributed by atoms with van der Waals surface area (Å²) in [5.41, 5.74) is 4.72. The second-order valence-electron chi connectivity index (χ2n) is 7.57. The quantitative estimate of drug-likeness (QED) is 0.494. The van der Waals surface area contributed by atoms with Crippen LogP contribution in [0.25, 0.3) is 17.1 Å². The molecule has 0 aliphatic carbocycles. The van der Waals surface area contributed by atoms with E-state index >= 15 is 0 Å². The van der Waals surface area contributed by atoms with Crippen LogP contribution in [0.3, 0.4) is 0 Å². The third-order valence-electron chi connectivity index (χ3n) is 5.44. The first-order chi connectivity index (χ1) is 14.3. The number of methoxy groups -OCH3 is 1. The lowest BCUT2D eigenvalue weighted by Gasteiger charge is -2.29. The fraction of sp³-hybridized carbons (Fsp3) is 0.391. The molecule has 0 bridgehead atoms. The van der Waals surface area contributed by atoms with E-state index in [9.17, 15) is 5.11 Å². The van der Waals surface area contributed by atoms with Gasteiger partial charge >= 0.3 is 0 Å². The van der Waals surface area contributed by atoms with Crippen molar-refractivity contribution in [2.45, 2.75) is 47.1 Å². The van der Waals surface area contributed by atoms with Crippen molar-refractivity contribution in [2.24, 2.45) is 0 Å². The highest BCUT2D eigenvalue weighted by atomic mass is 32.1. The molecule has 0 saturated heterocycles. The van der Waals surface area contributed by atoms with Crippen LogP contribution < -0.4 is 9.64 Å². The predicted octanol–water partition coefficient (Wildman–Crippen LogP) is 5.42. The minimum Gasteiger partial charge on any atom is -0.507 e. The van der Waals surface area contributed by atoms with Crippen LogP contribution in [0.2, 0.25) is 0 Å². The monoisotopic (exact) mass is 426 g/mol. The standard InChI is InChI=1S/C23H30N4O2S/c1-7-16-12-18(20(28)11-15(16)5)22-24-25-23(30)27(22)17-9-10-21(29-6)19(13-17)26(8-2)14(3)4/h9-14,28H,7-8H2,1-6H3,(H,25,30). The van der Waals surface area contributed by atoms with Gasteiger partial charge in [0.25, 0.3) is 0 Å². The number of nitrogens with one attached hydrogen (secondary N) is 1. The smallest absolute Gasteiger partial charge is 0.200 e. The summed E-state index contributed by atoms with van der Waals surface area (Å²) in [5, 5.41) is 18.0. The molecule has 0 amide bonds. The number of anilines is 1. The first-order valence-electron chi connectivity index (χ1n) is 10.3. The molecule has 0 radical (unpaired) electrons. The van der Waals surface area contributed by atoms with E-state index in [0.717, 1.165) is 41.2 Å². The number of benzene rings is 2. The summed E-state index contributed by atoms with van der Waals surface area (Å²) in [6.07, 6.45) is 0.872. The number of hydrogen-bond acceptors (Lipinski definition) is 5. The largest absolute Gasteiger partial charge is 0.507 e. The van der Waals surface area contributed by atoms with E-state index < -0.39 is 0 Å². The number of nitrogens with zero attached hydrogens (tertiary/aromatic N) is 3. The van der Waals surface area contributed by atoms with Gasteiger partial charge in [-0.1, -0.05) is 6.92 Å². The molecule has 160 valence electrons. The Hall–Kier alpha value is -2.80. The summed E-state index contributed by atoms with van der Waals surface area (Å²) in [6, 6.07) is 10.0. The number of aromatic nitrogens is 3. The van der Waals surface area contributed by atoms with Gasteiger partial charge in [-0.05, 0) is 87.8 Å². The number of aromatic amines is 1. The van der Waals surface area contributed by atoms with E-state index in [0.29, 0.717) is 22.2 Å². The number of ether oxygens (including phenoxy) is 1. The molecule has 2 N–H and O–H groups in total. The number of phenolic OH excluding ortho intramolecular Hbond substituents is 1. The van der Waals surface area contributed by atoms with Crippen molar-refractivity contribution >= 4 is 17.9 Å². The second-order valence-corrected chi connectivity index (χ2v) is 7.96. The molecule has 0 aliphatic rings. The molecule has 0 spiro atoms. The maximum atomic E-state index is 10.7. The van der Waals surface area contributed by atoms with E-state index in [1.807, 2.05) is 29.7 Å². The SMILES string of the molecule is CCc1cc(-c2n[nH]c(=S)n2-c2ccc(OC)c(N(CC)C(C)C)c2)c(O)cc1C. The highest BCUT2D eigenvalue weighted by molar-refractivity contribution is 7.71. The lowest BCUT2D eigenvalue weighted by Crippen LogP contribution is -2.30. The summed E-state index contributed by atoms with van der Waals surface area (Å²) in [5.74, 6) is 1.57. The molecular formula is C23H30N4O2S. The summed E-state index contributed by atoms with van der Waals surface area (Å²) in [6.45, 7) is 11.4. The number of hydrogen-bond donors (Lipinski definition) is 2. The third kappa shape index (κ3) is 3.94. The molecule has 0 unspecified atom stereocenters. The molecule has 0 aliphatic heterocycles. The Balaban J connectivity index is 2.23. The Morgan fingerprint density at radius 1 is 1.23 bits per heavy atom. The van der Waals surface area contributed by atoms with Crippen molar-refractivity contribution in [2.75, 3.05) is 18.6 Å². The number of aryl methyl sites for hydroxylation is 2. The molecule has 3 aromatic rings. The minimum absolute atomic E-state index is 0.186. The van der Waals surface area contributed by atoms with Gasteiger partial charge in [-0.3, -0.25) is 9.67 Å². The molecule has 0 atom stereocenters. The zero-order valence-corrected chi connectivity index (χ0v) is 19.3. The Kier molecular flexibility index (Phi) is 6.51. The average Bonchev–Trinajstić information content (AvgIpc) is 3.09. The van der Waals surface area contributed by atoms with Crippen LogP contribution in [0, 0.1) is 11.7 Å². The molecule has 1 heterocycles. The van der Waals surface area contributed by atoms with E-state index in [1.54, 1.807) is 13.2 Å². The highest BCUT2D eigenvalue weighted by Gasteiger charge is 2.19. The van der Waals surface area contributed by atoms with Gasteiger partial charge in [0.15, 0.2) is 10.6 Å². The van der Waals surface area contributed by atoms with Gasteiger partial charge in [0.1, 0.15) is 11.5 Å². The lowest BCUT2D eigenvalue weighted by molar-refractivity contribution is 0.413. The van der Waals surface area contributed by atoms with Crippen LogP contribution in [0.5, 0.6) is 11.5 Å². The van der Waals surface area contributed by atoms with Crippen molar-refractivity contribution < 1.29 is 9.84 Å². The zero-order chi connectivity index (χ0) is 22.0. The fourth-order valence-electron chi connectivity index (χ4n) is 3.87. The molecule has 0 saturated carbocycles. The van der Waals surface area contributed by atoms with Crippen molar-refractivity contribution in [3.8, 4) is 28.6 Å². The van der Waals surface area contributed by atoms with Crippen molar-refractivity contribution in [1.29, 1.82) is 0 Å². The maximum absolute atomic E-state index is 10.7. The van der Waals surface area contributed by atoms with Crippen molar-refractivity contribution in [3.05, 3.63) is 46.2 Å². The van der Waals surface area contributed by atoms with Crippen molar-refractivity contribution in [3.63, 3.8) is 0 Å². The zero-order valence-electron chi connectivity index (χ0n) is 18.5. The van der Waals surface area contributed by atoms with Crippen molar-refractivity contribution in [1.82, 2.24) is 14.8 Å². The Morgan fingerprint density at radius 3 is 2.57 bits per heavy atom. The van der Waals surface area contributed by atoms with Gasteiger partial charge in [-0.25, -0.2) is 0 Å². The second kappa shape index (κ2) is 8.92. The Labute approximate surface area is 183 Å². The number of phenols is 1. The van der Waals surface area contributed by atoms with Crippen LogP contribution in [-0.4, -0.2) is 39.6 Å². The molecule has 0 fully saturated rings. The lowest BCUT2D eigenvalue weighted by atomic mass is 10.0. The van der Waals surface area contributed by atoms with Gasteiger partial charge in [0.2, 0.25) is 0 Å². The summed E-state index contributed by atoms with van der Waals surface area (Å²) in [4.78, 5) is 2.27. The van der Waals surface area contributed by atoms with E-state index in [4.69, 9.17) is 17.0 Å². The molecule has 7 heteroatoms. The van der Waals surface area contributed by atoms with E-state index in [2.05, 4.69) is 48.9 Å². The fourth-order valence-corrected chi connectivity index (χ4v) is 4.11. The Morgan fingerprint density at radius 2 is 1.97 bits per heavy atom. The van der Waals surface area contributed by atoms with E-state index in [1.165, 1.54) is 0 Å². The Bertz CT molecular complexity index is 1100. The molecule has 30 heavy (non-hydrogen) atoms.